The summed E-state index contributed by atoms with van der Waals surface area (Å²) >= 11 is 3.48. The molecule has 2 rings (SSSR count). The lowest BCUT2D eigenvalue weighted by Crippen LogP contribution is -2.43. The second-order valence-corrected chi connectivity index (χ2v) is 4.66. The van der Waals surface area contributed by atoms with Crippen LogP contribution in [0.15, 0.2) is 4.60 Å². The molecule has 14 heavy (non-hydrogen) atoms. The largest absolute Gasteiger partial charge is 0.394 e. The topological polar surface area (TPSA) is 64.1 Å². The van der Waals surface area contributed by atoms with E-state index in [-0.39, 0.29) is 6.61 Å². The quantitative estimate of drug-likeness (QED) is 0.779. The standard InChI is InChI=1S/C9H14BrN3O/c1-13-8(10)6-3-2-4-9(11,5-14)7(6)12-13/h14H,2-5,11H2,1H3. The summed E-state index contributed by atoms with van der Waals surface area (Å²) in [5.41, 5.74) is 7.46. The average molecular weight is 260 g/mol. The molecule has 0 aliphatic heterocycles. The summed E-state index contributed by atoms with van der Waals surface area (Å²) in [6.45, 7) is -0.0382. The molecular formula is C9H14BrN3O. The molecular weight excluding hydrogens is 246 g/mol. The molecule has 1 aromatic rings. The van der Waals surface area contributed by atoms with Crippen molar-refractivity contribution in [2.75, 3.05) is 6.61 Å². The van der Waals surface area contributed by atoms with E-state index < -0.39 is 5.54 Å². The van der Waals surface area contributed by atoms with E-state index in [0.717, 1.165) is 35.1 Å². The lowest BCUT2D eigenvalue weighted by atomic mass is 9.82. The first-order valence-electron chi connectivity index (χ1n) is 4.70. The second kappa shape index (κ2) is 3.32. The van der Waals surface area contributed by atoms with Crippen LogP contribution in [0.5, 0.6) is 0 Å². The Hall–Kier alpha value is -0.390. The summed E-state index contributed by atoms with van der Waals surface area (Å²) in [4.78, 5) is 0. The Labute approximate surface area is 91.2 Å². The maximum atomic E-state index is 9.31. The number of hydrogen-bond acceptors (Lipinski definition) is 3. The predicted octanol–water partition coefficient (Wildman–Crippen LogP) is 0.665. The first kappa shape index (κ1) is 10.1. The summed E-state index contributed by atoms with van der Waals surface area (Å²) in [5.74, 6) is 0. The van der Waals surface area contributed by atoms with Crippen LogP contribution in [0.25, 0.3) is 0 Å². The van der Waals surface area contributed by atoms with Gasteiger partial charge in [-0.2, -0.15) is 5.10 Å². The van der Waals surface area contributed by atoms with Crippen molar-refractivity contribution in [3.05, 3.63) is 15.9 Å². The molecule has 0 saturated carbocycles. The maximum absolute atomic E-state index is 9.31. The van der Waals surface area contributed by atoms with Crippen LogP contribution in [0.3, 0.4) is 0 Å². The highest BCUT2D eigenvalue weighted by Crippen LogP contribution is 2.35. The first-order valence-corrected chi connectivity index (χ1v) is 5.49. The minimum absolute atomic E-state index is 0.0382. The first-order chi connectivity index (χ1) is 6.58. The molecule has 1 heterocycles. The molecule has 0 saturated heterocycles. The summed E-state index contributed by atoms with van der Waals surface area (Å²) in [5, 5.41) is 13.7. The Bertz CT molecular complexity index is 363. The summed E-state index contributed by atoms with van der Waals surface area (Å²) < 4.78 is 2.75. The summed E-state index contributed by atoms with van der Waals surface area (Å²) in [6, 6.07) is 0. The normalized spacial score (nSPS) is 26.3. The van der Waals surface area contributed by atoms with Crippen LogP contribution in [0.2, 0.25) is 0 Å². The lowest BCUT2D eigenvalue weighted by Gasteiger charge is -2.30. The number of aryl methyl sites for hydroxylation is 1. The van der Waals surface area contributed by atoms with E-state index in [2.05, 4.69) is 21.0 Å². The molecule has 5 heteroatoms. The zero-order chi connectivity index (χ0) is 10.3. The zero-order valence-electron chi connectivity index (χ0n) is 8.13. The number of rotatable bonds is 1. The molecule has 0 radical (unpaired) electrons. The zero-order valence-corrected chi connectivity index (χ0v) is 9.71. The van der Waals surface area contributed by atoms with Crippen molar-refractivity contribution in [2.24, 2.45) is 12.8 Å². The number of aliphatic hydroxyl groups excluding tert-OH is 1. The third kappa shape index (κ3) is 1.31. The van der Waals surface area contributed by atoms with Gasteiger partial charge in [0.1, 0.15) is 4.60 Å². The molecule has 3 N–H and O–H groups in total. The molecule has 0 aromatic carbocycles. The Morgan fingerprint density at radius 3 is 3.07 bits per heavy atom. The number of hydrogen-bond donors (Lipinski definition) is 2. The van der Waals surface area contributed by atoms with Crippen LogP contribution in [0.1, 0.15) is 24.1 Å². The van der Waals surface area contributed by atoms with Crippen molar-refractivity contribution in [1.82, 2.24) is 9.78 Å². The molecule has 78 valence electrons. The molecule has 4 nitrogen and oxygen atoms in total. The van der Waals surface area contributed by atoms with Gasteiger partial charge in [0, 0.05) is 12.6 Å². The Morgan fingerprint density at radius 2 is 2.43 bits per heavy atom. The van der Waals surface area contributed by atoms with Gasteiger partial charge in [0.15, 0.2) is 0 Å². The Kier molecular flexibility index (Phi) is 2.41. The van der Waals surface area contributed by atoms with Crippen molar-refractivity contribution in [1.29, 1.82) is 0 Å². The van der Waals surface area contributed by atoms with Crippen LogP contribution in [-0.2, 0) is 19.0 Å². The summed E-state index contributed by atoms with van der Waals surface area (Å²) in [7, 11) is 1.88. The van der Waals surface area contributed by atoms with E-state index >= 15 is 0 Å². The highest BCUT2D eigenvalue weighted by molar-refractivity contribution is 9.10. The minimum atomic E-state index is -0.642. The molecule has 1 aliphatic rings. The van der Waals surface area contributed by atoms with Gasteiger partial charge in [-0.1, -0.05) is 0 Å². The third-order valence-corrected chi connectivity index (χ3v) is 3.86. The van der Waals surface area contributed by atoms with Gasteiger partial charge in [-0.05, 0) is 35.2 Å². The SMILES string of the molecule is Cn1nc2c(c1Br)CCCC2(N)CO. The van der Waals surface area contributed by atoms with Gasteiger partial charge in [0.2, 0.25) is 0 Å². The van der Waals surface area contributed by atoms with E-state index in [4.69, 9.17) is 5.73 Å². The number of halogens is 1. The molecule has 1 aromatic heterocycles. The molecule has 0 spiro atoms. The third-order valence-electron chi connectivity index (χ3n) is 2.87. The van der Waals surface area contributed by atoms with E-state index in [1.807, 2.05) is 7.05 Å². The Morgan fingerprint density at radius 1 is 1.71 bits per heavy atom. The Balaban J connectivity index is 2.55. The van der Waals surface area contributed by atoms with Gasteiger partial charge in [0.05, 0.1) is 17.8 Å². The molecule has 1 unspecified atom stereocenters. The average Bonchev–Trinajstić information content (AvgIpc) is 2.47. The van der Waals surface area contributed by atoms with Crippen molar-refractivity contribution in [3.8, 4) is 0 Å². The number of nitrogens with zero attached hydrogens (tertiary/aromatic N) is 2. The number of nitrogens with two attached hydrogens (primary N) is 1. The fourth-order valence-electron chi connectivity index (χ4n) is 2.02. The molecule has 1 aliphatic carbocycles. The lowest BCUT2D eigenvalue weighted by molar-refractivity contribution is 0.174. The maximum Gasteiger partial charge on any atom is 0.107 e. The highest BCUT2D eigenvalue weighted by atomic mass is 79.9. The second-order valence-electron chi connectivity index (χ2n) is 3.91. The monoisotopic (exact) mass is 259 g/mol. The predicted molar refractivity (Wildman–Crippen MR) is 56.8 cm³/mol. The van der Waals surface area contributed by atoms with Gasteiger partial charge < -0.3 is 10.8 Å². The molecule has 0 fully saturated rings. The van der Waals surface area contributed by atoms with E-state index in [9.17, 15) is 5.11 Å². The molecule has 0 bridgehead atoms. The van der Waals surface area contributed by atoms with Gasteiger partial charge in [0.25, 0.3) is 0 Å². The smallest absolute Gasteiger partial charge is 0.107 e. The molecule has 0 amide bonds. The molecule has 1 atom stereocenters. The van der Waals surface area contributed by atoms with Gasteiger partial charge in [-0.15, -0.1) is 0 Å². The fraction of sp³-hybridized carbons (Fsp3) is 0.667. The summed E-state index contributed by atoms with van der Waals surface area (Å²) in [6.07, 6.45) is 2.80. The van der Waals surface area contributed by atoms with E-state index in [0.29, 0.717) is 0 Å². The van der Waals surface area contributed by atoms with Crippen LogP contribution in [0, 0.1) is 0 Å². The number of aliphatic hydroxyl groups is 1. The van der Waals surface area contributed by atoms with Crippen LogP contribution < -0.4 is 5.73 Å². The van der Waals surface area contributed by atoms with Crippen LogP contribution in [0.4, 0.5) is 0 Å². The highest BCUT2D eigenvalue weighted by Gasteiger charge is 2.36. The van der Waals surface area contributed by atoms with E-state index in [1.165, 1.54) is 0 Å². The van der Waals surface area contributed by atoms with Crippen LogP contribution >= 0.6 is 15.9 Å². The number of fused-ring (bicyclic) bond motifs is 1. The number of aromatic nitrogens is 2. The van der Waals surface area contributed by atoms with Crippen molar-refractivity contribution < 1.29 is 5.11 Å². The van der Waals surface area contributed by atoms with Crippen molar-refractivity contribution in [2.45, 2.75) is 24.8 Å². The van der Waals surface area contributed by atoms with Crippen molar-refractivity contribution >= 4 is 15.9 Å². The van der Waals surface area contributed by atoms with Crippen molar-refractivity contribution in [3.63, 3.8) is 0 Å². The van der Waals surface area contributed by atoms with Crippen LogP contribution in [-0.4, -0.2) is 21.5 Å². The van der Waals surface area contributed by atoms with E-state index in [1.54, 1.807) is 4.68 Å². The van der Waals surface area contributed by atoms with Gasteiger partial charge in [-0.3, -0.25) is 4.68 Å². The minimum Gasteiger partial charge on any atom is -0.394 e. The van der Waals surface area contributed by atoms with Gasteiger partial charge in [-0.25, -0.2) is 0 Å². The van der Waals surface area contributed by atoms with Gasteiger partial charge >= 0.3 is 0 Å². The fourth-order valence-corrected chi connectivity index (χ4v) is 2.49.